The molecule has 1 aliphatic rings. The van der Waals surface area contributed by atoms with Gasteiger partial charge in [0, 0.05) is 13.0 Å². The molecule has 9 heteroatoms. The molecule has 0 N–H and O–H groups in total. The number of halogens is 1. The van der Waals surface area contributed by atoms with Crippen molar-refractivity contribution in [1.29, 1.82) is 0 Å². The lowest BCUT2D eigenvalue weighted by atomic mass is 10.1. The molecule has 0 bridgehead atoms. The van der Waals surface area contributed by atoms with Crippen molar-refractivity contribution >= 4 is 62.2 Å². The van der Waals surface area contributed by atoms with Crippen LogP contribution in [0.5, 0.6) is 11.5 Å². The highest BCUT2D eigenvalue weighted by atomic mass is 79.9. The molecule has 31 heavy (non-hydrogen) atoms. The summed E-state index contributed by atoms with van der Waals surface area (Å²) in [5.74, 6) is 0.873. The Morgan fingerprint density at radius 1 is 1.19 bits per heavy atom. The van der Waals surface area contributed by atoms with Gasteiger partial charge in [0.1, 0.15) is 4.32 Å². The number of hydrogen-bond donors (Lipinski definition) is 0. The van der Waals surface area contributed by atoms with Crippen LogP contribution >= 0.6 is 39.9 Å². The Morgan fingerprint density at radius 3 is 2.65 bits per heavy atom. The molecular formula is C22H28BrNO5S2. The van der Waals surface area contributed by atoms with E-state index in [4.69, 9.17) is 26.4 Å². The molecule has 1 saturated heterocycles. The summed E-state index contributed by atoms with van der Waals surface area (Å²) in [6, 6.07) is 3.76. The van der Waals surface area contributed by atoms with Crippen LogP contribution in [0, 0.1) is 0 Å². The van der Waals surface area contributed by atoms with Gasteiger partial charge in [0.2, 0.25) is 0 Å². The van der Waals surface area contributed by atoms with E-state index >= 15 is 0 Å². The Morgan fingerprint density at radius 2 is 1.97 bits per heavy atom. The first-order chi connectivity index (χ1) is 14.9. The number of benzene rings is 1. The lowest BCUT2D eigenvalue weighted by Gasteiger charge is -2.15. The quantitative estimate of drug-likeness (QED) is 0.152. The van der Waals surface area contributed by atoms with Gasteiger partial charge in [-0.3, -0.25) is 14.5 Å². The summed E-state index contributed by atoms with van der Waals surface area (Å²) in [5, 5.41) is 0. The van der Waals surface area contributed by atoms with Gasteiger partial charge in [-0.25, -0.2) is 0 Å². The Bertz CT molecular complexity index is 843. The summed E-state index contributed by atoms with van der Waals surface area (Å²) >= 11 is 10.2. The summed E-state index contributed by atoms with van der Waals surface area (Å²) in [6.07, 6.45) is 4.56. The summed E-state index contributed by atoms with van der Waals surface area (Å²) in [4.78, 5) is 26.4. The van der Waals surface area contributed by atoms with Crippen LogP contribution in [0.3, 0.4) is 0 Å². The van der Waals surface area contributed by atoms with Crippen LogP contribution in [-0.4, -0.2) is 47.5 Å². The number of thiocarbonyl (C=S) groups is 1. The fourth-order valence-electron chi connectivity index (χ4n) is 2.85. The van der Waals surface area contributed by atoms with Crippen molar-refractivity contribution in [2.24, 2.45) is 0 Å². The van der Waals surface area contributed by atoms with Crippen molar-refractivity contribution in [3.05, 3.63) is 27.1 Å². The van der Waals surface area contributed by atoms with E-state index in [0.717, 1.165) is 22.9 Å². The zero-order chi connectivity index (χ0) is 22.8. The minimum Gasteiger partial charge on any atom is -0.490 e. The Kier molecular flexibility index (Phi) is 10.8. The third-order valence-corrected chi connectivity index (χ3v) is 6.28. The number of carbonyl (C=O) groups excluding carboxylic acids is 2. The van der Waals surface area contributed by atoms with Gasteiger partial charge < -0.3 is 14.2 Å². The van der Waals surface area contributed by atoms with Gasteiger partial charge in [0.25, 0.3) is 5.91 Å². The fourth-order valence-corrected chi connectivity index (χ4v) is 4.73. The van der Waals surface area contributed by atoms with Gasteiger partial charge in [-0.2, -0.15) is 0 Å². The average Bonchev–Trinajstić information content (AvgIpc) is 2.98. The average molecular weight is 531 g/mol. The molecule has 0 aromatic heterocycles. The Balaban J connectivity index is 2.14. The van der Waals surface area contributed by atoms with Crippen LogP contribution in [0.4, 0.5) is 0 Å². The van der Waals surface area contributed by atoms with Gasteiger partial charge in [-0.1, -0.05) is 37.3 Å². The van der Waals surface area contributed by atoms with Crippen LogP contribution < -0.4 is 9.47 Å². The van der Waals surface area contributed by atoms with E-state index in [9.17, 15) is 9.59 Å². The first-order valence-electron chi connectivity index (χ1n) is 10.4. The van der Waals surface area contributed by atoms with Crippen LogP contribution in [0.1, 0.15) is 52.0 Å². The van der Waals surface area contributed by atoms with Gasteiger partial charge >= 0.3 is 5.97 Å². The second-order valence-corrected chi connectivity index (χ2v) is 9.24. The number of rotatable bonds is 12. The molecule has 6 nitrogen and oxygen atoms in total. The van der Waals surface area contributed by atoms with Crippen molar-refractivity contribution in [3.63, 3.8) is 0 Å². The standard InChI is InChI=1S/C22H28BrNO5S2/c1-4-7-11-29-20-16(23)12-15(13-17(20)27-5-2)14-18-21(26)24(22(30)31-18)10-8-9-19(25)28-6-3/h12-14H,4-11H2,1-3H3/b18-14-. The Hall–Kier alpha value is -1.58. The number of thioether (sulfide) groups is 1. The topological polar surface area (TPSA) is 65.1 Å². The molecule has 0 spiro atoms. The van der Waals surface area contributed by atoms with Gasteiger partial charge in [-0.05, 0) is 66.4 Å². The van der Waals surface area contributed by atoms with Crippen LogP contribution in [0.2, 0.25) is 0 Å². The van der Waals surface area contributed by atoms with Crippen molar-refractivity contribution in [2.45, 2.75) is 46.5 Å². The highest BCUT2D eigenvalue weighted by Crippen LogP contribution is 2.39. The smallest absolute Gasteiger partial charge is 0.305 e. The number of unbranched alkanes of at least 4 members (excludes halogenated alkanes) is 1. The number of nitrogens with zero attached hydrogens (tertiary/aromatic N) is 1. The molecule has 0 radical (unpaired) electrons. The lowest BCUT2D eigenvalue weighted by Crippen LogP contribution is -2.29. The molecule has 1 aliphatic heterocycles. The summed E-state index contributed by atoms with van der Waals surface area (Å²) in [6.45, 7) is 7.64. The zero-order valence-electron chi connectivity index (χ0n) is 18.1. The molecule has 1 aromatic rings. The highest BCUT2D eigenvalue weighted by molar-refractivity contribution is 9.10. The zero-order valence-corrected chi connectivity index (χ0v) is 21.3. The molecule has 1 fully saturated rings. The number of amides is 1. The third kappa shape index (κ3) is 7.50. The molecule has 2 rings (SSSR count). The minimum atomic E-state index is -0.266. The second-order valence-electron chi connectivity index (χ2n) is 6.71. The van der Waals surface area contributed by atoms with Crippen LogP contribution in [0.15, 0.2) is 21.5 Å². The van der Waals surface area contributed by atoms with Crippen molar-refractivity contribution < 1.29 is 23.8 Å². The first kappa shape index (κ1) is 25.7. The van der Waals surface area contributed by atoms with Crippen molar-refractivity contribution in [3.8, 4) is 11.5 Å². The van der Waals surface area contributed by atoms with E-state index in [1.165, 1.54) is 16.7 Å². The number of esters is 1. The molecule has 0 aliphatic carbocycles. The number of carbonyl (C=O) groups is 2. The second kappa shape index (κ2) is 13.1. The normalized spacial score (nSPS) is 15.0. The fraction of sp³-hybridized carbons (Fsp3) is 0.500. The van der Waals surface area contributed by atoms with Crippen molar-refractivity contribution in [1.82, 2.24) is 4.90 Å². The van der Waals surface area contributed by atoms with E-state index in [1.807, 2.05) is 19.1 Å². The van der Waals surface area contributed by atoms with Gasteiger partial charge in [0.15, 0.2) is 11.5 Å². The van der Waals surface area contributed by atoms with E-state index in [-0.39, 0.29) is 18.3 Å². The lowest BCUT2D eigenvalue weighted by molar-refractivity contribution is -0.143. The first-order valence-corrected chi connectivity index (χ1v) is 12.4. The SMILES string of the molecule is CCCCOc1c(Br)cc(/C=C2\SC(=S)N(CCCC(=O)OCC)C2=O)cc1OCC. The molecular weight excluding hydrogens is 502 g/mol. The monoisotopic (exact) mass is 529 g/mol. The molecule has 1 heterocycles. The third-order valence-electron chi connectivity index (χ3n) is 4.32. The van der Waals surface area contributed by atoms with Crippen LogP contribution in [0.25, 0.3) is 6.08 Å². The molecule has 0 unspecified atom stereocenters. The Labute approximate surface area is 201 Å². The summed E-state index contributed by atoms with van der Waals surface area (Å²) < 4.78 is 17.8. The van der Waals surface area contributed by atoms with Crippen molar-refractivity contribution in [2.75, 3.05) is 26.4 Å². The predicted octanol–water partition coefficient (Wildman–Crippen LogP) is 5.57. The van der Waals surface area contributed by atoms with E-state index < -0.39 is 0 Å². The highest BCUT2D eigenvalue weighted by Gasteiger charge is 2.31. The maximum atomic E-state index is 12.8. The molecule has 0 saturated carbocycles. The predicted molar refractivity (Wildman–Crippen MR) is 131 cm³/mol. The molecule has 0 atom stereocenters. The molecule has 170 valence electrons. The maximum Gasteiger partial charge on any atom is 0.305 e. The number of ether oxygens (including phenoxy) is 3. The van der Waals surface area contributed by atoms with Crippen LogP contribution in [-0.2, 0) is 14.3 Å². The largest absolute Gasteiger partial charge is 0.490 e. The van der Waals surface area contributed by atoms with E-state index in [1.54, 1.807) is 13.0 Å². The maximum absolute atomic E-state index is 12.8. The van der Waals surface area contributed by atoms with Gasteiger partial charge in [-0.15, -0.1) is 0 Å². The van der Waals surface area contributed by atoms with E-state index in [2.05, 4.69) is 22.9 Å². The molecule has 1 amide bonds. The number of hydrogen-bond acceptors (Lipinski definition) is 7. The van der Waals surface area contributed by atoms with E-state index in [0.29, 0.717) is 53.5 Å². The summed E-state index contributed by atoms with van der Waals surface area (Å²) in [7, 11) is 0. The van der Waals surface area contributed by atoms with Gasteiger partial charge in [0.05, 0.1) is 29.2 Å². The summed E-state index contributed by atoms with van der Waals surface area (Å²) in [5.41, 5.74) is 0.810. The molecule has 1 aromatic carbocycles. The minimum absolute atomic E-state index is 0.156.